The highest BCUT2D eigenvalue weighted by molar-refractivity contribution is 6.19. The standard InChI is InChI=1S/C14H17ClN2O3/c1-4-20-14(19)13(12(18)8-15)17-16-11-6-5-9(2)10(3)7-11/h5-7,18H,4,8H2,1-3H3/b13-12+,17-16?. The van der Waals surface area contributed by atoms with Crippen LogP contribution in [0.1, 0.15) is 18.1 Å². The number of carbonyl (C=O) groups is 1. The van der Waals surface area contributed by atoms with E-state index in [9.17, 15) is 9.90 Å². The molecule has 0 unspecified atom stereocenters. The molecule has 0 amide bonds. The lowest BCUT2D eigenvalue weighted by atomic mass is 10.1. The first kappa shape index (κ1) is 16.2. The fourth-order valence-corrected chi connectivity index (χ4v) is 1.50. The molecule has 0 fully saturated rings. The molecule has 0 spiro atoms. The second-order valence-electron chi connectivity index (χ2n) is 4.12. The monoisotopic (exact) mass is 296 g/mol. The van der Waals surface area contributed by atoms with Gasteiger partial charge >= 0.3 is 5.97 Å². The molecule has 0 aliphatic heterocycles. The van der Waals surface area contributed by atoms with E-state index in [1.807, 2.05) is 26.0 Å². The summed E-state index contributed by atoms with van der Waals surface area (Å²) in [7, 11) is 0. The SMILES string of the molecule is CCOC(=O)/C(N=Nc1ccc(C)c(C)c1)=C(\O)CCl. The van der Waals surface area contributed by atoms with Crippen LogP contribution in [0, 0.1) is 13.8 Å². The Labute approximate surface area is 122 Å². The van der Waals surface area contributed by atoms with Crippen molar-refractivity contribution < 1.29 is 14.6 Å². The summed E-state index contributed by atoms with van der Waals surface area (Å²) < 4.78 is 4.79. The number of nitrogens with zero attached hydrogens (tertiary/aromatic N) is 2. The second kappa shape index (κ2) is 7.65. The van der Waals surface area contributed by atoms with Crippen molar-refractivity contribution in [2.45, 2.75) is 20.8 Å². The van der Waals surface area contributed by atoms with Gasteiger partial charge < -0.3 is 9.84 Å². The molecule has 0 aliphatic rings. The van der Waals surface area contributed by atoms with Gasteiger partial charge in [0, 0.05) is 0 Å². The van der Waals surface area contributed by atoms with Crippen molar-refractivity contribution in [1.82, 2.24) is 0 Å². The number of alkyl halides is 1. The van der Waals surface area contributed by atoms with E-state index < -0.39 is 5.97 Å². The molecule has 0 saturated heterocycles. The number of carbonyl (C=O) groups excluding carboxylic acids is 1. The highest BCUT2D eigenvalue weighted by Crippen LogP contribution is 2.19. The number of aryl methyl sites for hydroxylation is 2. The predicted octanol–water partition coefficient (Wildman–Crippen LogP) is 3.96. The first-order valence-corrected chi connectivity index (χ1v) is 6.67. The Morgan fingerprint density at radius 2 is 2.05 bits per heavy atom. The van der Waals surface area contributed by atoms with Gasteiger partial charge in [-0.2, -0.15) is 5.11 Å². The van der Waals surface area contributed by atoms with E-state index in [0.717, 1.165) is 11.1 Å². The summed E-state index contributed by atoms with van der Waals surface area (Å²) in [6.07, 6.45) is 0. The molecule has 20 heavy (non-hydrogen) atoms. The Balaban J connectivity index is 3.03. The van der Waals surface area contributed by atoms with Crippen molar-refractivity contribution in [2.75, 3.05) is 12.5 Å². The fourth-order valence-electron chi connectivity index (χ4n) is 1.37. The van der Waals surface area contributed by atoms with Crippen LogP contribution in [0.25, 0.3) is 0 Å². The molecule has 0 atom stereocenters. The lowest BCUT2D eigenvalue weighted by Gasteiger charge is -2.03. The van der Waals surface area contributed by atoms with Crippen LogP contribution in [0.4, 0.5) is 5.69 Å². The summed E-state index contributed by atoms with van der Waals surface area (Å²) in [5, 5.41) is 17.3. The first-order valence-electron chi connectivity index (χ1n) is 6.13. The van der Waals surface area contributed by atoms with E-state index >= 15 is 0 Å². The summed E-state index contributed by atoms with van der Waals surface area (Å²) in [6, 6.07) is 5.50. The van der Waals surface area contributed by atoms with Crippen LogP contribution in [0.5, 0.6) is 0 Å². The minimum absolute atomic E-state index is 0.178. The van der Waals surface area contributed by atoms with Crippen LogP contribution in [0.2, 0.25) is 0 Å². The molecule has 0 aliphatic carbocycles. The van der Waals surface area contributed by atoms with Gasteiger partial charge in [-0.3, -0.25) is 0 Å². The number of rotatable bonds is 5. The molecule has 0 saturated carbocycles. The molecule has 5 nitrogen and oxygen atoms in total. The normalized spacial score (nSPS) is 12.4. The molecule has 108 valence electrons. The van der Waals surface area contributed by atoms with Crippen LogP contribution >= 0.6 is 11.6 Å². The third kappa shape index (κ3) is 4.35. The van der Waals surface area contributed by atoms with Crippen molar-refractivity contribution in [3.05, 3.63) is 40.8 Å². The minimum Gasteiger partial charge on any atom is -0.508 e. The third-order valence-corrected chi connectivity index (χ3v) is 2.88. The van der Waals surface area contributed by atoms with Crippen molar-refractivity contribution in [2.24, 2.45) is 10.2 Å². The number of aliphatic hydroxyl groups is 1. The Bertz CT molecular complexity index is 553. The molecule has 0 aromatic heterocycles. The molecule has 6 heteroatoms. The zero-order valence-electron chi connectivity index (χ0n) is 11.7. The van der Waals surface area contributed by atoms with Gasteiger partial charge in [-0.1, -0.05) is 6.07 Å². The summed E-state index contributed by atoms with van der Waals surface area (Å²) in [6.45, 7) is 5.77. The van der Waals surface area contributed by atoms with Crippen molar-refractivity contribution in [3.63, 3.8) is 0 Å². The number of hydrogen-bond acceptors (Lipinski definition) is 5. The van der Waals surface area contributed by atoms with Gasteiger partial charge in [0.2, 0.25) is 5.70 Å². The summed E-state index contributed by atoms with van der Waals surface area (Å²) in [5.41, 5.74) is 2.50. The lowest BCUT2D eigenvalue weighted by molar-refractivity contribution is -0.138. The largest absolute Gasteiger partial charge is 0.508 e. The van der Waals surface area contributed by atoms with E-state index in [1.54, 1.807) is 13.0 Å². The summed E-state index contributed by atoms with van der Waals surface area (Å²) >= 11 is 5.50. The molecule has 1 aromatic carbocycles. The van der Waals surface area contributed by atoms with Crippen LogP contribution in [0.15, 0.2) is 39.9 Å². The van der Waals surface area contributed by atoms with E-state index in [0.29, 0.717) is 5.69 Å². The summed E-state index contributed by atoms with van der Waals surface area (Å²) in [4.78, 5) is 11.6. The number of allylic oxidation sites excluding steroid dienone is 1. The molecule has 1 N–H and O–H groups in total. The maximum Gasteiger partial charge on any atom is 0.362 e. The Kier molecular flexibility index (Phi) is 6.18. The van der Waals surface area contributed by atoms with Gasteiger partial charge in [0.25, 0.3) is 0 Å². The summed E-state index contributed by atoms with van der Waals surface area (Å²) in [5.74, 6) is -1.35. The highest BCUT2D eigenvalue weighted by Gasteiger charge is 2.16. The van der Waals surface area contributed by atoms with Crippen LogP contribution in [-0.4, -0.2) is 23.6 Å². The van der Waals surface area contributed by atoms with Crippen molar-refractivity contribution >= 4 is 23.3 Å². The Morgan fingerprint density at radius 1 is 1.35 bits per heavy atom. The number of aliphatic hydroxyl groups excluding tert-OH is 1. The average molecular weight is 297 g/mol. The zero-order valence-corrected chi connectivity index (χ0v) is 12.4. The molecule has 0 radical (unpaired) electrons. The van der Waals surface area contributed by atoms with Gasteiger partial charge in [-0.05, 0) is 44.0 Å². The number of esters is 1. The number of halogens is 1. The smallest absolute Gasteiger partial charge is 0.362 e. The fraction of sp³-hybridized carbons (Fsp3) is 0.357. The zero-order chi connectivity index (χ0) is 15.1. The Hall–Kier alpha value is -1.88. The van der Waals surface area contributed by atoms with Crippen molar-refractivity contribution in [1.29, 1.82) is 0 Å². The number of azo groups is 1. The number of benzene rings is 1. The van der Waals surface area contributed by atoms with Gasteiger partial charge in [0.05, 0.1) is 18.2 Å². The van der Waals surface area contributed by atoms with E-state index in [1.165, 1.54) is 0 Å². The van der Waals surface area contributed by atoms with Crippen molar-refractivity contribution in [3.8, 4) is 0 Å². The number of hydrogen-bond donors (Lipinski definition) is 1. The minimum atomic E-state index is -0.752. The maximum atomic E-state index is 11.6. The topological polar surface area (TPSA) is 71.2 Å². The third-order valence-electron chi connectivity index (χ3n) is 2.62. The van der Waals surface area contributed by atoms with Gasteiger partial charge in [0.15, 0.2) is 0 Å². The van der Waals surface area contributed by atoms with Gasteiger partial charge in [-0.25, -0.2) is 4.79 Å². The lowest BCUT2D eigenvalue weighted by Crippen LogP contribution is -2.09. The van der Waals surface area contributed by atoms with E-state index in [4.69, 9.17) is 16.3 Å². The maximum absolute atomic E-state index is 11.6. The van der Waals surface area contributed by atoms with E-state index in [2.05, 4.69) is 10.2 Å². The van der Waals surface area contributed by atoms with E-state index in [-0.39, 0.29) is 23.9 Å². The van der Waals surface area contributed by atoms with Gasteiger partial charge in [0.1, 0.15) is 5.76 Å². The average Bonchev–Trinajstić information content (AvgIpc) is 2.42. The van der Waals surface area contributed by atoms with Crippen LogP contribution in [0.3, 0.4) is 0 Å². The highest BCUT2D eigenvalue weighted by atomic mass is 35.5. The number of ether oxygens (including phenoxy) is 1. The van der Waals surface area contributed by atoms with Gasteiger partial charge in [-0.15, -0.1) is 16.7 Å². The molecular weight excluding hydrogens is 280 g/mol. The van der Waals surface area contributed by atoms with Crippen LogP contribution in [-0.2, 0) is 9.53 Å². The molecular formula is C14H17ClN2O3. The Morgan fingerprint density at radius 3 is 2.60 bits per heavy atom. The quantitative estimate of drug-likeness (QED) is 0.294. The molecule has 0 bridgehead atoms. The molecule has 0 heterocycles. The molecule has 1 rings (SSSR count). The first-order chi connectivity index (χ1) is 9.49. The molecule has 1 aromatic rings. The van der Waals surface area contributed by atoms with Crippen LogP contribution < -0.4 is 0 Å². The second-order valence-corrected chi connectivity index (χ2v) is 4.39. The predicted molar refractivity (Wildman–Crippen MR) is 77.4 cm³/mol.